The van der Waals surface area contributed by atoms with E-state index >= 15 is 0 Å². The second-order valence-electron chi connectivity index (χ2n) is 8.76. The Labute approximate surface area is 127 Å². The lowest BCUT2D eigenvalue weighted by molar-refractivity contribution is -0.109. The highest BCUT2D eigenvalue weighted by molar-refractivity contribution is 5.50. The quantitative estimate of drug-likeness (QED) is 0.587. The maximum absolute atomic E-state index is 11.1. The van der Waals surface area contributed by atoms with Gasteiger partial charge in [0.15, 0.2) is 0 Å². The highest BCUT2D eigenvalue weighted by Gasteiger charge is 2.68. The molecular weight excluding hydrogens is 260 g/mol. The molecule has 5 aliphatic rings. The third kappa shape index (κ3) is 1.50. The summed E-state index contributed by atoms with van der Waals surface area (Å²) in [4.78, 5) is 21.9. The Morgan fingerprint density at radius 1 is 0.667 bits per heavy atom. The van der Waals surface area contributed by atoms with Crippen molar-refractivity contribution in [2.24, 2.45) is 59.2 Å². The molecule has 8 atom stereocenters. The van der Waals surface area contributed by atoms with Crippen LogP contribution in [0, 0.1) is 59.2 Å². The molecule has 0 N–H and O–H groups in total. The van der Waals surface area contributed by atoms with Crippen molar-refractivity contribution in [1.29, 1.82) is 0 Å². The predicted molar refractivity (Wildman–Crippen MR) is 79.3 cm³/mol. The van der Waals surface area contributed by atoms with Crippen LogP contribution in [0.3, 0.4) is 0 Å². The molecular formula is C19H26O2. The number of hydrogen-bond acceptors (Lipinski definition) is 2. The first kappa shape index (κ1) is 12.8. The van der Waals surface area contributed by atoms with Gasteiger partial charge in [-0.2, -0.15) is 0 Å². The zero-order chi connectivity index (χ0) is 14.1. The van der Waals surface area contributed by atoms with Gasteiger partial charge in [0.25, 0.3) is 0 Å². The zero-order valence-corrected chi connectivity index (χ0v) is 12.7. The van der Waals surface area contributed by atoms with Gasteiger partial charge in [-0.15, -0.1) is 0 Å². The fourth-order valence-corrected chi connectivity index (χ4v) is 8.40. The summed E-state index contributed by atoms with van der Waals surface area (Å²) in [6.07, 6.45) is 11.0. The lowest BCUT2D eigenvalue weighted by Gasteiger charge is -2.40. The van der Waals surface area contributed by atoms with Crippen LogP contribution < -0.4 is 0 Å². The normalized spacial score (nSPS) is 59.2. The summed E-state index contributed by atoms with van der Waals surface area (Å²) in [5, 5.41) is 0. The monoisotopic (exact) mass is 286 g/mol. The third-order valence-electron chi connectivity index (χ3n) is 8.56. The summed E-state index contributed by atoms with van der Waals surface area (Å²) >= 11 is 0. The first-order valence-corrected chi connectivity index (χ1v) is 9.20. The minimum absolute atomic E-state index is 0.699. The molecule has 0 aliphatic heterocycles. The standard InChI is InChI=1S/C19H26O2/c20-5-3-10-7-14-15(8-10)17-9-16(14)18-12-1-2-13(19(17)18)11(12)4-6-21/h5-6,10-19H,1-4,7-9H2. The lowest BCUT2D eigenvalue weighted by Crippen LogP contribution is -2.35. The predicted octanol–water partition coefficient (Wildman–Crippen LogP) is 3.34. The van der Waals surface area contributed by atoms with Gasteiger partial charge in [0.2, 0.25) is 0 Å². The van der Waals surface area contributed by atoms with E-state index in [9.17, 15) is 9.59 Å². The van der Waals surface area contributed by atoms with Crippen molar-refractivity contribution in [3.63, 3.8) is 0 Å². The molecule has 0 radical (unpaired) electrons. The molecule has 0 heterocycles. The number of aldehydes is 2. The molecule has 114 valence electrons. The molecule has 5 rings (SSSR count). The van der Waals surface area contributed by atoms with E-state index in [4.69, 9.17) is 0 Å². The highest BCUT2D eigenvalue weighted by atomic mass is 16.1. The first-order chi connectivity index (χ1) is 10.3. The summed E-state index contributed by atoms with van der Waals surface area (Å²) < 4.78 is 0. The summed E-state index contributed by atoms with van der Waals surface area (Å²) in [7, 11) is 0. The molecule has 0 aromatic carbocycles. The summed E-state index contributed by atoms with van der Waals surface area (Å²) in [6.45, 7) is 0. The Morgan fingerprint density at radius 3 is 1.76 bits per heavy atom. The van der Waals surface area contributed by atoms with Crippen LogP contribution in [0.15, 0.2) is 0 Å². The first-order valence-electron chi connectivity index (χ1n) is 9.20. The topological polar surface area (TPSA) is 34.1 Å². The summed E-state index contributed by atoms with van der Waals surface area (Å²) in [5.74, 6) is 8.95. The van der Waals surface area contributed by atoms with Gasteiger partial charge in [-0.3, -0.25) is 0 Å². The molecule has 0 aromatic heterocycles. The fourth-order valence-electron chi connectivity index (χ4n) is 8.40. The minimum Gasteiger partial charge on any atom is -0.303 e. The van der Waals surface area contributed by atoms with Gasteiger partial charge in [-0.1, -0.05) is 0 Å². The smallest absolute Gasteiger partial charge is 0.120 e. The van der Waals surface area contributed by atoms with Crippen LogP contribution in [-0.4, -0.2) is 12.6 Å². The van der Waals surface area contributed by atoms with Crippen molar-refractivity contribution >= 4 is 12.6 Å². The van der Waals surface area contributed by atoms with Crippen LogP contribution >= 0.6 is 0 Å². The molecule has 0 aromatic rings. The van der Waals surface area contributed by atoms with Gasteiger partial charge in [-0.05, 0) is 91.3 Å². The average molecular weight is 286 g/mol. The van der Waals surface area contributed by atoms with Gasteiger partial charge >= 0.3 is 0 Å². The van der Waals surface area contributed by atoms with E-state index in [1.54, 1.807) is 0 Å². The molecule has 5 fully saturated rings. The van der Waals surface area contributed by atoms with Crippen molar-refractivity contribution in [2.45, 2.75) is 44.9 Å². The number of carbonyl (C=O) groups is 2. The second kappa shape index (κ2) is 4.43. The van der Waals surface area contributed by atoms with Crippen LogP contribution in [0.2, 0.25) is 0 Å². The molecule has 2 nitrogen and oxygen atoms in total. The maximum Gasteiger partial charge on any atom is 0.120 e. The van der Waals surface area contributed by atoms with E-state index < -0.39 is 0 Å². The molecule has 2 heteroatoms. The molecule has 0 amide bonds. The van der Waals surface area contributed by atoms with E-state index in [1.807, 2.05) is 0 Å². The van der Waals surface area contributed by atoms with E-state index in [-0.39, 0.29) is 0 Å². The Morgan fingerprint density at radius 2 is 1.24 bits per heavy atom. The summed E-state index contributed by atoms with van der Waals surface area (Å²) in [6, 6.07) is 0. The number of hydrogen-bond donors (Lipinski definition) is 0. The molecule has 0 spiro atoms. The molecule has 4 bridgehead atoms. The van der Waals surface area contributed by atoms with Crippen LogP contribution in [0.5, 0.6) is 0 Å². The second-order valence-corrected chi connectivity index (χ2v) is 8.76. The zero-order valence-electron chi connectivity index (χ0n) is 12.7. The van der Waals surface area contributed by atoms with E-state index in [0.29, 0.717) is 5.92 Å². The van der Waals surface area contributed by atoms with Gasteiger partial charge in [0, 0.05) is 12.8 Å². The average Bonchev–Trinajstić information content (AvgIpc) is 3.20. The van der Waals surface area contributed by atoms with Crippen LogP contribution in [0.1, 0.15) is 44.9 Å². The van der Waals surface area contributed by atoms with Crippen molar-refractivity contribution < 1.29 is 9.59 Å². The molecule has 21 heavy (non-hydrogen) atoms. The van der Waals surface area contributed by atoms with Crippen molar-refractivity contribution in [2.75, 3.05) is 0 Å². The number of fused-ring (bicyclic) bond motifs is 12. The van der Waals surface area contributed by atoms with Crippen molar-refractivity contribution in [3.8, 4) is 0 Å². The van der Waals surface area contributed by atoms with Crippen LogP contribution in [-0.2, 0) is 9.59 Å². The Bertz CT molecular complexity index is 440. The van der Waals surface area contributed by atoms with Crippen molar-refractivity contribution in [3.05, 3.63) is 0 Å². The van der Waals surface area contributed by atoms with Crippen molar-refractivity contribution in [1.82, 2.24) is 0 Å². The van der Waals surface area contributed by atoms with Crippen LogP contribution in [0.4, 0.5) is 0 Å². The number of carbonyl (C=O) groups excluding carboxylic acids is 2. The molecule has 5 aliphatic carbocycles. The largest absolute Gasteiger partial charge is 0.303 e. The van der Waals surface area contributed by atoms with Crippen LogP contribution in [0.25, 0.3) is 0 Å². The van der Waals surface area contributed by atoms with Gasteiger partial charge < -0.3 is 9.59 Å². The Kier molecular flexibility index (Phi) is 2.71. The van der Waals surface area contributed by atoms with E-state index in [2.05, 4.69) is 0 Å². The highest BCUT2D eigenvalue weighted by Crippen LogP contribution is 2.74. The van der Waals surface area contributed by atoms with Gasteiger partial charge in [0.05, 0.1) is 0 Å². The third-order valence-corrected chi connectivity index (χ3v) is 8.56. The Hall–Kier alpha value is -0.660. The molecule has 8 unspecified atom stereocenters. The molecule has 0 saturated heterocycles. The van der Waals surface area contributed by atoms with Gasteiger partial charge in [0.1, 0.15) is 12.6 Å². The van der Waals surface area contributed by atoms with E-state index in [1.165, 1.54) is 38.4 Å². The summed E-state index contributed by atoms with van der Waals surface area (Å²) in [5.41, 5.74) is 0. The van der Waals surface area contributed by atoms with Gasteiger partial charge in [-0.25, -0.2) is 0 Å². The maximum atomic E-state index is 11.1. The lowest BCUT2D eigenvalue weighted by atomic mass is 9.64. The van der Waals surface area contributed by atoms with E-state index in [0.717, 1.165) is 72.4 Å². The minimum atomic E-state index is 0.699. The SMILES string of the molecule is O=CCC1CC2C(C1)C1CC2C2C3CCC(C3CC=O)C12. The fraction of sp³-hybridized carbons (Fsp3) is 0.895. The number of rotatable bonds is 4. The molecule has 5 saturated carbocycles. The Balaban J connectivity index is 1.42.